The van der Waals surface area contributed by atoms with Gasteiger partial charge in [-0.15, -0.1) is 22.7 Å². The molecule has 1 N–H and O–H groups in total. The number of nitrogens with one attached hydrogen (secondary N) is 1. The highest BCUT2D eigenvalue weighted by molar-refractivity contribution is 7.20. The Bertz CT molecular complexity index is 1130. The minimum absolute atomic E-state index is 0.0338. The van der Waals surface area contributed by atoms with Crippen LogP contribution in [0.3, 0.4) is 0 Å². The lowest BCUT2D eigenvalue weighted by molar-refractivity contribution is -0.115. The summed E-state index contributed by atoms with van der Waals surface area (Å²) in [6, 6.07) is 18.7. The Labute approximate surface area is 165 Å². The minimum Gasteiger partial charge on any atom is -0.326 e. The van der Waals surface area contributed by atoms with Crippen LogP contribution in [-0.4, -0.2) is 10.9 Å². The molecule has 1 aliphatic rings. The van der Waals surface area contributed by atoms with Crippen LogP contribution >= 0.6 is 22.7 Å². The van der Waals surface area contributed by atoms with E-state index in [1.165, 1.54) is 22.3 Å². The SMILES string of the molecule is O=C(Cc1csc(-c2cccs2)n1)Nc1ccc2c(c1)Cc1ccccc1-2. The summed E-state index contributed by atoms with van der Waals surface area (Å²) in [5.74, 6) is -0.0338. The molecule has 0 saturated heterocycles. The molecule has 132 valence electrons. The Morgan fingerprint density at radius 1 is 1.00 bits per heavy atom. The summed E-state index contributed by atoms with van der Waals surface area (Å²) in [5, 5.41) is 8.00. The van der Waals surface area contributed by atoms with Crippen molar-refractivity contribution in [3.63, 3.8) is 0 Å². The van der Waals surface area contributed by atoms with Gasteiger partial charge in [-0.25, -0.2) is 4.98 Å². The average Bonchev–Trinajstić information content (AvgIpc) is 3.40. The van der Waals surface area contributed by atoms with Crippen LogP contribution in [0.25, 0.3) is 21.0 Å². The molecule has 4 aromatic rings. The first kappa shape index (κ1) is 16.4. The zero-order valence-corrected chi connectivity index (χ0v) is 16.1. The summed E-state index contributed by atoms with van der Waals surface area (Å²) in [7, 11) is 0. The third-order valence-corrected chi connectivity index (χ3v) is 6.63. The van der Waals surface area contributed by atoms with Crippen molar-refractivity contribution >= 4 is 34.3 Å². The van der Waals surface area contributed by atoms with Gasteiger partial charge in [0.15, 0.2) is 0 Å². The number of carbonyl (C=O) groups is 1. The van der Waals surface area contributed by atoms with Crippen LogP contribution in [0, 0.1) is 0 Å². The molecule has 2 aromatic heterocycles. The van der Waals surface area contributed by atoms with E-state index in [2.05, 4.69) is 52.8 Å². The molecule has 5 rings (SSSR count). The van der Waals surface area contributed by atoms with Gasteiger partial charge in [-0.2, -0.15) is 0 Å². The van der Waals surface area contributed by atoms with E-state index in [1.807, 2.05) is 22.9 Å². The van der Waals surface area contributed by atoms with E-state index in [9.17, 15) is 4.79 Å². The molecule has 0 atom stereocenters. The quantitative estimate of drug-likeness (QED) is 0.434. The normalized spacial score (nSPS) is 11.9. The lowest BCUT2D eigenvalue weighted by Crippen LogP contribution is -2.14. The van der Waals surface area contributed by atoms with Crippen molar-refractivity contribution in [1.82, 2.24) is 4.98 Å². The van der Waals surface area contributed by atoms with Gasteiger partial charge in [0, 0.05) is 11.1 Å². The Kier molecular flexibility index (Phi) is 4.11. The molecule has 0 aliphatic heterocycles. The smallest absolute Gasteiger partial charge is 0.230 e. The van der Waals surface area contributed by atoms with E-state index >= 15 is 0 Å². The number of fused-ring (bicyclic) bond motifs is 3. The first-order chi connectivity index (χ1) is 13.3. The molecule has 0 unspecified atom stereocenters. The van der Waals surface area contributed by atoms with Gasteiger partial charge in [-0.1, -0.05) is 36.4 Å². The van der Waals surface area contributed by atoms with Crippen molar-refractivity contribution in [1.29, 1.82) is 0 Å². The summed E-state index contributed by atoms with van der Waals surface area (Å²) >= 11 is 3.25. The van der Waals surface area contributed by atoms with Gasteiger partial charge in [-0.3, -0.25) is 4.79 Å². The van der Waals surface area contributed by atoms with Gasteiger partial charge in [-0.05, 0) is 52.3 Å². The fourth-order valence-electron chi connectivity index (χ4n) is 3.49. The monoisotopic (exact) mass is 388 g/mol. The van der Waals surface area contributed by atoms with Crippen LogP contribution in [0.2, 0.25) is 0 Å². The number of rotatable bonds is 4. The van der Waals surface area contributed by atoms with Gasteiger partial charge < -0.3 is 5.32 Å². The predicted molar refractivity (Wildman–Crippen MR) is 112 cm³/mol. The molecule has 5 heteroatoms. The maximum atomic E-state index is 12.5. The van der Waals surface area contributed by atoms with E-state index in [-0.39, 0.29) is 5.91 Å². The van der Waals surface area contributed by atoms with Crippen LogP contribution in [0.15, 0.2) is 65.4 Å². The maximum absolute atomic E-state index is 12.5. The highest BCUT2D eigenvalue weighted by Gasteiger charge is 2.18. The summed E-state index contributed by atoms with van der Waals surface area (Å²) in [4.78, 5) is 18.2. The number of thiazole rings is 1. The molecular formula is C22H16N2OS2. The second-order valence-electron chi connectivity index (χ2n) is 6.55. The van der Waals surface area contributed by atoms with Crippen molar-refractivity contribution in [2.45, 2.75) is 12.8 Å². The third kappa shape index (κ3) is 3.20. The van der Waals surface area contributed by atoms with Crippen LogP contribution in [-0.2, 0) is 17.6 Å². The van der Waals surface area contributed by atoms with E-state index in [0.717, 1.165) is 27.7 Å². The summed E-state index contributed by atoms with van der Waals surface area (Å²) < 4.78 is 0. The number of hydrogen-bond acceptors (Lipinski definition) is 4. The van der Waals surface area contributed by atoms with Crippen LogP contribution in [0.4, 0.5) is 5.69 Å². The molecule has 0 spiro atoms. The number of benzene rings is 2. The summed E-state index contributed by atoms with van der Waals surface area (Å²) in [6.45, 7) is 0. The number of nitrogens with zero attached hydrogens (tertiary/aromatic N) is 1. The highest BCUT2D eigenvalue weighted by Crippen LogP contribution is 2.37. The second-order valence-corrected chi connectivity index (χ2v) is 8.36. The van der Waals surface area contributed by atoms with Crippen LogP contribution < -0.4 is 5.32 Å². The largest absolute Gasteiger partial charge is 0.326 e. The van der Waals surface area contributed by atoms with Gasteiger partial charge in [0.1, 0.15) is 5.01 Å². The van der Waals surface area contributed by atoms with Crippen molar-refractivity contribution < 1.29 is 4.79 Å². The number of aromatic nitrogens is 1. The van der Waals surface area contributed by atoms with E-state index in [0.29, 0.717) is 6.42 Å². The molecule has 0 fully saturated rings. The van der Waals surface area contributed by atoms with Gasteiger partial charge in [0.2, 0.25) is 5.91 Å². The van der Waals surface area contributed by atoms with Gasteiger partial charge in [0.05, 0.1) is 17.0 Å². The standard InChI is InChI=1S/C22H16N2OS2/c25-21(12-17-13-27-22(24-17)20-6-3-9-26-20)23-16-7-8-19-15(11-16)10-14-4-1-2-5-18(14)19/h1-9,11,13H,10,12H2,(H,23,25). The molecule has 2 heterocycles. The molecular weight excluding hydrogens is 372 g/mol. The molecule has 3 nitrogen and oxygen atoms in total. The summed E-state index contributed by atoms with van der Waals surface area (Å²) in [5.41, 5.74) is 6.84. The molecule has 0 saturated carbocycles. The molecule has 1 aliphatic carbocycles. The Balaban J connectivity index is 1.29. The number of hydrogen-bond donors (Lipinski definition) is 1. The number of thiophene rings is 1. The molecule has 1 amide bonds. The first-order valence-electron chi connectivity index (χ1n) is 8.75. The van der Waals surface area contributed by atoms with Crippen molar-refractivity contribution in [2.24, 2.45) is 0 Å². The van der Waals surface area contributed by atoms with Gasteiger partial charge in [0.25, 0.3) is 0 Å². The van der Waals surface area contributed by atoms with E-state index < -0.39 is 0 Å². The lowest BCUT2D eigenvalue weighted by Gasteiger charge is -2.07. The Morgan fingerprint density at radius 3 is 2.78 bits per heavy atom. The third-order valence-electron chi connectivity index (χ3n) is 4.70. The topological polar surface area (TPSA) is 42.0 Å². The number of amides is 1. The van der Waals surface area contributed by atoms with Crippen molar-refractivity contribution in [2.75, 3.05) is 5.32 Å². The van der Waals surface area contributed by atoms with E-state index in [1.54, 1.807) is 22.7 Å². The molecule has 27 heavy (non-hydrogen) atoms. The second kappa shape index (κ2) is 6.76. The highest BCUT2D eigenvalue weighted by atomic mass is 32.1. The number of carbonyl (C=O) groups excluding carboxylic acids is 1. The Hall–Kier alpha value is -2.76. The van der Waals surface area contributed by atoms with Crippen LogP contribution in [0.1, 0.15) is 16.8 Å². The van der Waals surface area contributed by atoms with Crippen LogP contribution in [0.5, 0.6) is 0 Å². The first-order valence-corrected chi connectivity index (χ1v) is 10.5. The Morgan fingerprint density at radius 2 is 1.89 bits per heavy atom. The zero-order chi connectivity index (χ0) is 18.2. The lowest BCUT2D eigenvalue weighted by atomic mass is 10.1. The average molecular weight is 389 g/mol. The predicted octanol–water partition coefficient (Wildman–Crippen LogP) is 5.62. The number of anilines is 1. The van der Waals surface area contributed by atoms with E-state index in [4.69, 9.17) is 0 Å². The van der Waals surface area contributed by atoms with Crippen molar-refractivity contribution in [3.05, 3.63) is 82.2 Å². The van der Waals surface area contributed by atoms with Crippen molar-refractivity contribution in [3.8, 4) is 21.0 Å². The minimum atomic E-state index is -0.0338. The molecule has 0 bridgehead atoms. The maximum Gasteiger partial charge on any atom is 0.230 e. The zero-order valence-electron chi connectivity index (χ0n) is 14.4. The molecule has 2 aromatic carbocycles. The fourth-order valence-corrected chi connectivity index (χ4v) is 5.13. The summed E-state index contributed by atoms with van der Waals surface area (Å²) in [6.07, 6.45) is 1.21. The van der Waals surface area contributed by atoms with Gasteiger partial charge >= 0.3 is 0 Å². The fraction of sp³-hybridized carbons (Fsp3) is 0.0909. The molecule has 0 radical (unpaired) electrons.